The molecule has 1 heterocycles. The van der Waals surface area contributed by atoms with Gasteiger partial charge in [-0.25, -0.2) is 9.48 Å². The molecular weight excluding hydrogens is 390 g/mol. The van der Waals surface area contributed by atoms with Crippen molar-refractivity contribution in [1.82, 2.24) is 15.1 Å². The number of aromatic nitrogens is 2. The minimum absolute atomic E-state index is 0.129. The third-order valence-corrected chi connectivity index (χ3v) is 6.22. The van der Waals surface area contributed by atoms with Gasteiger partial charge in [0.2, 0.25) is 0 Å². The summed E-state index contributed by atoms with van der Waals surface area (Å²) in [5.41, 5.74) is 1.70. The van der Waals surface area contributed by atoms with E-state index in [-0.39, 0.29) is 29.3 Å². The zero-order chi connectivity index (χ0) is 21.0. The number of carbonyl (C=O) groups is 2. The lowest BCUT2D eigenvalue weighted by Crippen LogP contribution is -2.45. The average Bonchev–Trinajstić information content (AvgIpc) is 2.97. The standard InChI is InChI=1S/C22H28ClN3O3/c1-14-8-7-11-18(15(14)2)24-19(27)13-29-22(28)20-16(3)25-26(21(20)23)12-17-9-5-4-6-10-17/h4-6,9-10,14-15,18H,7-8,11-13H2,1-3H3,(H,24,27)/t14-,15+,18+/m1/s1. The number of aryl methyl sites for hydroxylation is 1. The number of amides is 1. The van der Waals surface area contributed by atoms with Crippen LogP contribution in [0.4, 0.5) is 0 Å². The largest absolute Gasteiger partial charge is 0.452 e. The maximum Gasteiger partial charge on any atom is 0.343 e. The molecule has 0 bridgehead atoms. The van der Waals surface area contributed by atoms with E-state index in [2.05, 4.69) is 24.3 Å². The summed E-state index contributed by atoms with van der Waals surface area (Å²) in [6, 6.07) is 9.85. The van der Waals surface area contributed by atoms with Gasteiger partial charge in [-0.1, -0.05) is 68.6 Å². The Bertz CT molecular complexity index is 866. The van der Waals surface area contributed by atoms with Crippen molar-refractivity contribution in [2.75, 3.05) is 6.61 Å². The number of hydrogen-bond donors (Lipinski definition) is 1. The number of hydrogen-bond acceptors (Lipinski definition) is 4. The first kappa shape index (κ1) is 21.4. The fraction of sp³-hybridized carbons (Fsp3) is 0.500. The Hall–Kier alpha value is -2.34. The predicted octanol–water partition coefficient (Wildman–Crippen LogP) is 3.99. The van der Waals surface area contributed by atoms with Gasteiger partial charge in [0.05, 0.1) is 12.2 Å². The van der Waals surface area contributed by atoms with Gasteiger partial charge < -0.3 is 10.1 Å². The van der Waals surface area contributed by atoms with E-state index in [9.17, 15) is 9.59 Å². The van der Waals surface area contributed by atoms with E-state index in [0.29, 0.717) is 24.1 Å². The minimum atomic E-state index is -0.632. The smallest absolute Gasteiger partial charge is 0.343 e. The molecule has 6 nitrogen and oxygen atoms in total. The molecule has 1 aromatic carbocycles. The topological polar surface area (TPSA) is 73.2 Å². The van der Waals surface area contributed by atoms with Crippen LogP contribution in [0.15, 0.2) is 30.3 Å². The van der Waals surface area contributed by atoms with Crippen LogP contribution >= 0.6 is 11.6 Å². The van der Waals surface area contributed by atoms with Crippen LogP contribution in [0.3, 0.4) is 0 Å². The molecule has 0 radical (unpaired) electrons. The van der Waals surface area contributed by atoms with Crippen LogP contribution in [0.2, 0.25) is 5.15 Å². The highest BCUT2D eigenvalue weighted by molar-refractivity contribution is 6.32. The quantitative estimate of drug-likeness (QED) is 0.721. The molecule has 1 N–H and O–H groups in total. The molecule has 3 atom stereocenters. The van der Waals surface area contributed by atoms with Crippen LogP contribution in [-0.2, 0) is 16.1 Å². The molecule has 1 amide bonds. The Morgan fingerprint density at radius 2 is 1.97 bits per heavy atom. The van der Waals surface area contributed by atoms with Gasteiger partial charge in [0.15, 0.2) is 6.61 Å². The van der Waals surface area contributed by atoms with E-state index >= 15 is 0 Å². The van der Waals surface area contributed by atoms with Crippen molar-refractivity contribution >= 4 is 23.5 Å². The lowest BCUT2D eigenvalue weighted by atomic mass is 9.78. The number of halogens is 1. The van der Waals surface area contributed by atoms with Gasteiger partial charge in [-0.3, -0.25) is 4.79 Å². The number of rotatable bonds is 6. The normalized spacial score (nSPS) is 21.6. The lowest BCUT2D eigenvalue weighted by Gasteiger charge is -2.34. The molecule has 1 fully saturated rings. The number of carbonyl (C=O) groups excluding carboxylic acids is 2. The third-order valence-electron chi connectivity index (χ3n) is 5.83. The molecule has 156 valence electrons. The van der Waals surface area contributed by atoms with E-state index < -0.39 is 5.97 Å². The van der Waals surface area contributed by atoms with Crippen molar-refractivity contribution in [3.8, 4) is 0 Å². The first-order valence-corrected chi connectivity index (χ1v) is 10.5. The molecule has 29 heavy (non-hydrogen) atoms. The van der Waals surface area contributed by atoms with Crippen molar-refractivity contribution < 1.29 is 14.3 Å². The van der Waals surface area contributed by atoms with E-state index in [1.165, 1.54) is 6.42 Å². The SMILES string of the molecule is Cc1nn(Cc2ccccc2)c(Cl)c1C(=O)OCC(=O)N[C@H]1CCC[C@@H](C)[C@@H]1C. The Balaban J connectivity index is 1.58. The summed E-state index contributed by atoms with van der Waals surface area (Å²) in [6.07, 6.45) is 3.25. The molecule has 1 saturated carbocycles. The second-order valence-electron chi connectivity index (χ2n) is 7.91. The number of nitrogens with one attached hydrogen (secondary N) is 1. The van der Waals surface area contributed by atoms with Crippen molar-refractivity contribution in [3.05, 3.63) is 52.3 Å². The van der Waals surface area contributed by atoms with Crippen molar-refractivity contribution in [2.45, 2.75) is 52.6 Å². The first-order valence-electron chi connectivity index (χ1n) is 10.1. The van der Waals surface area contributed by atoms with Crippen molar-refractivity contribution in [3.63, 3.8) is 0 Å². The first-order chi connectivity index (χ1) is 13.9. The maximum absolute atomic E-state index is 12.5. The fourth-order valence-corrected chi connectivity index (χ4v) is 4.20. The van der Waals surface area contributed by atoms with Gasteiger partial charge in [0.1, 0.15) is 10.7 Å². The van der Waals surface area contributed by atoms with Crippen LogP contribution in [-0.4, -0.2) is 34.3 Å². The Kier molecular flexibility index (Phi) is 6.96. The number of ether oxygens (including phenoxy) is 1. The monoisotopic (exact) mass is 417 g/mol. The second-order valence-corrected chi connectivity index (χ2v) is 8.27. The van der Waals surface area contributed by atoms with Crippen molar-refractivity contribution in [1.29, 1.82) is 0 Å². The highest BCUT2D eigenvalue weighted by Gasteiger charge is 2.29. The molecule has 0 unspecified atom stereocenters. The van der Waals surface area contributed by atoms with Crippen LogP contribution < -0.4 is 5.32 Å². The van der Waals surface area contributed by atoms with E-state index in [0.717, 1.165) is 18.4 Å². The van der Waals surface area contributed by atoms with Crippen LogP contribution in [0, 0.1) is 18.8 Å². The van der Waals surface area contributed by atoms with Crippen LogP contribution in [0.5, 0.6) is 0 Å². The third kappa shape index (κ3) is 5.18. The highest BCUT2D eigenvalue weighted by atomic mass is 35.5. The summed E-state index contributed by atoms with van der Waals surface area (Å²) in [7, 11) is 0. The van der Waals surface area contributed by atoms with Crippen molar-refractivity contribution in [2.24, 2.45) is 11.8 Å². The molecule has 0 saturated heterocycles. The summed E-state index contributed by atoms with van der Waals surface area (Å²) in [6.45, 7) is 6.20. The number of esters is 1. The Morgan fingerprint density at radius 1 is 1.24 bits per heavy atom. The van der Waals surface area contributed by atoms with Gasteiger partial charge in [-0.15, -0.1) is 0 Å². The molecule has 7 heteroatoms. The summed E-state index contributed by atoms with van der Waals surface area (Å²) < 4.78 is 6.79. The zero-order valence-electron chi connectivity index (χ0n) is 17.2. The molecule has 0 aliphatic heterocycles. The van der Waals surface area contributed by atoms with E-state index in [1.54, 1.807) is 11.6 Å². The highest BCUT2D eigenvalue weighted by Crippen LogP contribution is 2.29. The van der Waals surface area contributed by atoms with Gasteiger partial charge in [-0.2, -0.15) is 5.10 Å². The average molecular weight is 418 g/mol. The summed E-state index contributed by atoms with van der Waals surface area (Å²) in [4.78, 5) is 24.8. The zero-order valence-corrected chi connectivity index (χ0v) is 17.9. The maximum atomic E-state index is 12.5. The fourth-order valence-electron chi connectivity index (χ4n) is 3.88. The molecule has 1 aliphatic carbocycles. The second kappa shape index (κ2) is 9.44. The van der Waals surface area contributed by atoms with Crippen LogP contribution in [0.25, 0.3) is 0 Å². The Labute approximate surface area is 176 Å². The summed E-state index contributed by atoms with van der Waals surface area (Å²) in [5.74, 6) is 0.0756. The van der Waals surface area contributed by atoms with Crippen LogP contribution in [0.1, 0.15) is 54.7 Å². The summed E-state index contributed by atoms with van der Waals surface area (Å²) in [5, 5.41) is 7.57. The molecule has 0 spiro atoms. The van der Waals surface area contributed by atoms with E-state index in [1.807, 2.05) is 30.3 Å². The van der Waals surface area contributed by atoms with Gasteiger partial charge in [0.25, 0.3) is 5.91 Å². The minimum Gasteiger partial charge on any atom is -0.452 e. The Morgan fingerprint density at radius 3 is 2.69 bits per heavy atom. The molecular formula is C22H28ClN3O3. The van der Waals surface area contributed by atoms with Gasteiger partial charge in [-0.05, 0) is 30.7 Å². The molecule has 1 aliphatic rings. The van der Waals surface area contributed by atoms with Gasteiger partial charge >= 0.3 is 5.97 Å². The molecule has 3 rings (SSSR count). The van der Waals surface area contributed by atoms with Gasteiger partial charge in [0, 0.05) is 6.04 Å². The summed E-state index contributed by atoms with van der Waals surface area (Å²) >= 11 is 6.38. The lowest BCUT2D eigenvalue weighted by molar-refractivity contribution is -0.125. The predicted molar refractivity (Wildman–Crippen MR) is 112 cm³/mol. The molecule has 1 aromatic heterocycles. The van der Waals surface area contributed by atoms with E-state index in [4.69, 9.17) is 16.3 Å². The number of nitrogens with zero attached hydrogens (tertiary/aromatic N) is 2. The number of benzene rings is 1. The molecule has 2 aromatic rings.